The lowest BCUT2D eigenvalue weighted by Gasteiger charge is -2.34. The van der Waals surface area contributed by atoms with E-state index < -0.39 is 16.0 Å². The molecule has 0 radical (unpaired) electrons. The van der Waals surface area contributed by atoms with Crippen molar-refractivity contribution in [3.05, 3.63) is 28.8 Å². The lowest BCUT2D eigenvalue weighted by Crippen LogP contribution is -2.49. The highest BCUT2D eigenvalue weighted by Crippen LogP contribution is 2.26. The molecule has 1 aromatic carbocycles. The lowest BCUT2D eigenvalue weighted by molar-refractivity contribution is -0.138. The summed E-state index contributed by atoms with van der Waals surface area (Å²) in [6, 6.07) is 3.75. The summed E-state index contributed by atoms with van der Waals surface area (Å²) in [4.78, 5) is 12.7. The first kappa shape index (κ1) is 19.8. The minimum Gasteiger partial charge on any atom is -0.480 e. The molecule has 25 heavy (non-hydrogen) atoms. The molecule has 0 saturated carbocycles. The molecule has 1 aromatic rings. The number of morpholine rings is 1. The average Bonchev–Trinajstić information content (AvgIpc) is 2.44. The van der Waals surface area contributed by atoms with Crippen LogP contribution in [0.2, 0.25) is 0 Å². The molecule has 140 valence electrons. The quantitative estimate of drug-likeness (QED) is 0.804. The Morgan fingerprint density at radius 2 is 1.92 bits per heavy atom. The molecule has 1 atom stereocenters. The summed E-state index contributed by atoms with van der Waals surface area (Å²) >= 11 is 0. The predicted octanol–water partition coefficient (Wildman–Crippen LogP) is 1.02. The fourth-order valence-corrected chi connectivity index (χ4v) is 5.23. The second kappa shape index (κ2) is 7.82. The van der Waals surface area contributed by atoms with Crippen molar-refractivity contribution in [1.29, 1.82) is 0 Å². The summed E-state index contributed by atoms with van der Waals surface area (Å²) < 4.78 is 33.3. The Hall–Kier alpha value is -1.48. The van der Waals surface area contributed by atoms with Crippen LogP contribution in [0.3, 0.4) is 0 Å². The van der Waals surface area contributed by atoms with Gasteiger partial charge in [-0.1, -0.05) is 17.7 Å². The van der Waals surface area contributed by atoms with E-state index in [1.165, 1.54) is 4.31 Å². The van der Waals surface area contributed by atoms with Crippen LogP contribution >= 0.6 is 0 Å². The van der Waals surface area contributed by atoms with Crippen LogP contribution in [0.5, 0.6) is 0 Å². The van der Waals surface area contributed by atoms with Gasteiger partial charge in [-0.25, -0.2) is 8.42 Å². The van der Waals surface area contributed by atoms with Crippen molar-refractivity contribution in [2.45, 2.75) is 31.8 Å². The molecule has 0 amide bonds. The van der Waals surface area contributed by atoms with Crippen LogP contribution < -0.4 is 0 Å². The van der Waals surface area contributed by atoms with Gasteiger partial charge in [-0.3, -0.25) is 9.69 Å². The maximum atomic E-state index is 13.1. The van der Waals surface area contributed by atoms with E-state index in [1.807, 2.05) is 32.9 Å². The molecule has 0 bridgehead atoms. The number of carboxylic acids is 1. The Morgan fingerprint density at radius 3 is 2.48 bits per heavy atom. The molecule has 1 unspecified atom stereocenters. The molecule has 1 heterocycles. The molecule has 1 saturated heterocycles. The first-order valence-electron chi connectivity index (χ1n) is 8.21. The Bertz CT molecular complexity index is 724. The Morgan fingerprint density at radius 1 is 1.32 bits per heavy atom. The maximum Gasteiger partial charge on any atom is 0.317 e. The fourth-order valence-electron chi connectivity index (χ4n) is 3.37. The normalized spacial score (nSPS) is 19.3. The molecule has 0 aliphatic carbocycles. The highest BCUT2D eigenvalue weighted by Gasteiger charge is 2.33. The highest BCUT2D eigenvalue weighted by molar-refractivity contribution is 7.89. The molecular weight excluding hydrogens is 344 g/mol. The van der Waals surface area contributed by atoms with Crippen LogP contribution in [-0.2, 0) is 19.6 Å². The van der Waals surface area contributed by atoms with E-state index in [0.717, 1.165) is 16.7 Å². The van der Waals surface area contributed by atoms with Crippen molar-refractivity contribution < 1.29 is 23.1 Å². The summed E-state index contributed by atoms with van der Waals surface area (Å²) in [7, 11) is -1.93. The van der Waals surface area contributed by atoms with Gasteiger partial charge in [0, 0.05) is 19.6 Å². The van der Waals surface area contributed by atoms with Crippen molar-refractivity contribution >= 4 is 16.0 Å². The van der Waals surface area contributed by atoms with Crippen LogP contribution in [-0.4, -0.2) is 74.6 Å². The first-order valence-corrected chi connectivity index (χ1v) is 9.65. The number of carboxylic acid groups (broad SMARTS) is 1. The second-order valence-electron chi connectivity index (χ2n) is 6.67. The fraction of sp³-hybridized carbons (Fsp3) is 0.588. The van der Waals surface area contributed by atoms with Crippen molar-refractivity contribution in [3.8, 4) is 0 Å². The zero-order chi connectivity index (χ0) is 18.8. The third-order valence-electron chi connectivity index (χ3n) is 4.22. The van der Waals surface area contributed by atoms with E-state index in [-0.39, 0.29) is 19.2 Å². The van der Waals surface area contributed by atoms with Gasteiger partial charge in [0.2, 0.25) is 10.0 Å². The van der Waals surface area contributed by atoms with E-state index in [2.05, 4.69) is 0 Å². The number of hydrogen-bond donors (Lipinski definition) is 1. The second-order valence-corrected chi connectivity index (χ2v) is 8.55. The first-order chi connectivity index (χ1) is 11.6. The SMILES string of the molecule is Cc1cc(C)c(S(=O)(=O)N2CCOC(CN(C)CC(=O)O)C2)c(C)c1. The predicted molar refractivity (Wildman–Crippen MR) is 94.3 cm³/mol. The number of aliphatic carboxylic acids is 1. The Balaban J connectivity index is 2.18. The van der Waals surface area contributed by atoms with E-state index in [0.29, 0.717) is 24.6 Å². The maximum absolute atomic E-state index is 13.1. The Labute approximate surface area is 149 Å². The number of hydrogen-bond acceptors (Lipinski definition) is 5. The van der Waals surface area contributed by atoms with E-state index in [1.54, 1.807) is 11.9 Å². The van der Waals surface area contributed by atoms with E-state index >= 15 is 0 Å². The number of likely N-dealkylation sites (N-methyl/N-ethyl adjacent to an activating group) is 1. The summed E-state index contributed by atoms with van der Waals surface area (Å²) in [6.45, 7) is 6.64. The molecule has 1 aliphatic rings. The van der Waals surface area contributed by atoms with Crippen LogP contribution in [0.1, 0.15) is 16.7 Å². The van der Waals surface area contributed by atoms with E-state index in [4.69, 9.17) is 9.84 Å². The molecular formula is C17H26N2O5S. The minimum atomic E-state index is -3.61. The highest BCUT2D eigenvalue weighted by atomic mass is 32.2. The summed E-state index contributed by atoms with van der Waals surface area (Å²) in [5, 5.41) is 8.84. The van der Waals surface area contributed by atoms with Gasteiger partial charge in [0.15, 0.2) is 0 Å². The number of benzene rings is 1. The van der Waals surface area contributed by atoms with Crippen LogP contribution in [0.15, 0.2) is 17.0 Å². The van der Waals surface area contributed by atoms with Gasteiger partial charge in [0.05, 0.1) is 24.2 Å². The molecule has 7 nitrogen and oxygen atoms in total. The largest absolute Gasteiger partial charge is 0.480 e. The summed E-state index contributed by atoms with van der Waals surface area (Å²) in [5.74, 6) is -0.923. The zero-order valence-electron chi connectivity index (χ0n) is 15.2. The van der Waals surface area contributed by atoms with Gasteiger partial charge in [0.1, 0.15) is 0 Å². The van der Waals surface area contributed by atoms with Crippen LogP contribution in [0, 0.1) is 20.8 Å². The molecule has 0 aromatic heterocycles. The van der Waals surface area contributed by atoms with Crippen molar-refractivity contribution in [1.82, 2.24) is 9.21 Å². The third kappa shape index (κ3) is 4.78. The van der Waals surface area contributed by atoms with E-state index in [9.17, 15) is 13.2 Å². The molecule has 1 N–H and O–H groups in total. The minimum absolute atomic E-state index is 0.108. The molecule has 1 aliphatic heterocycles. The van der Waals surface area contributed by atoms with Gasteiger partial charge in [-0.05, 0) is 38.9 Å². The number of carbonyl (C=O) groups is 1. The molecule has 1 fully saturated rings. The van der Waals surface area contributed by atoms with Crippen LogP contribution in [0.4, 0.5) is 0 Å². The number of sulfonamides is 1. The molecule has 8 heteroatoms. The van der Waals surface area contributed by atoms with Crippen LogP contribution in [0.25, 0.3) is 0 Å². The number of ether oxygens (including phenoxy) is 1. The van der Waals surface area contributed by atoms with Crippen molar-refractivity contribution in [2.75, 3.05) is 39.8 Å². The average molecular weight is 370 g/mol. The smallest absolute Gasteiger partial charge is 0.317 e. The van der Waals surface area contributed by atoms with Gasteiger partial charge < -0.3 is 9.84 Å². The van der Waals surface area contributed by atoms with Gasteiger partial charge >= 0.3 is 5.97 Å². The molecule has 0 spiro atoms. The zero-order valence-corrected chi connectivity index (χ0v) is 16.0. The Kier molecular flexibility index (Phi) is 6.21. The van der Waals surface area contributed by atoms with Crippen molar-refractivity contribution in [2.24, 2.45) is 0 Å². The molecule has 2 rings (SSSR count). The van der Waals surface area contributed by atoms with Gasteiger partial charge in [0.25, 0.3) is 0 Å². The number of aryl methyl sites for hydroxylation is 3. The standard InChI is InChI=1S/C17H26N2O5S/c1-12-7-13(2)17(14(3)8-12)25(22,23)19-5-6-24-15(10-19)9-18(4)11-16(20)21/h7-8,15H,5-6,9-11H2,1-4H3,(H,20,21). The van der Waals surface area contributed by atoms with Gasteiger partial charge in [-0.2, -0.15) is 4.31 Å². The summed E-state index contributed by atoms with van der Waals surface area (Å²) in [6.07, 6.45) is -0.348. The third-order valence-corrected chi connectivity index (χ3v) is 6.40. The van der Waals surface area contributed by atoms with Gasteiger partial charge in [-0.15, -0.1) is 0 Å². The topological polar surface area (TPSA) is 87.2 Å². The monoisotopic (exact) mass is 370 g/mol. The lowest BCUT2D eigenvalue weighted by atomic mass is 10.1. The summed E-state index contributed by atoms with van der Waals surface area (Å²) in [5.41, 5.74) is 2.51. The number of nitrogens with zero attached hydrogens (tertiary/aromatic N) is 2. The van der Waals surface area contributed by atoms with Crippen molar-refractivity contribution in [3.63, 3.8) is 0 Å². The number of rotatable bonds is 6.